The number of aromatic hydroxyl groups is 2. The Morgan fingerprint density at radius 1 is 1.08 bits per heavy atom. The largest absolute Gasteiger partial charge is 0.504 e. The molecule has 0 spiro atoms. The van der Waals surface area contributed by atoms with Gasteiger partial charge in [-0.2, -0.15) is 0 Å². The number of esters is 2. The lowest BCUT2D eigenvalue weighted by molar-refractivity contribution is -0.339. The summed E-state index contributed by atoms with van der Waals surface area (Å²) < 4.78 is 26.7. The molecule has 13 heteroatoms. The van der Waals surface area contributed by atoms with Crippen molar-refractivity contribution in [3.63, 3.8) is 0 Å². The molecule has 6 N–H and O–H groups in total. The van der Waals surface area contributed by atoms with Crippen LogP contribution in [0.25, 0.3) is 6.08 Å². The van der Waals surface area contributed by atoms with Gasteiger partial charge >= 0.3 is 11.9 Å². The zero-order valence-corrected chi connectivity index (χ0v) is 21.0. The quantitative estimate of drug-likeness (QED) is 0.0956. The molecule has 8 unspecified atom stereocenters. The SMILES string of the molecule is C=CC1C(OC2OC(CO)C(O)C(O)C2O)OC=C(C(=O)OC)C1CCOC(=O)C=Cc1ccc(O)c(O)c1. The number of hydrogen-bond donors (Lipinski definition) is 6. The Morgan fingerprint density at radius 2 is 1.82 bits per heavy atom. The average Bonchev–Trinajstić information content (AvgIpc) is 2.93. The van der Waals surface area contributed by atoms with Gasteiger partial charge in [0, 0.05) is 17.9 Å². The molecule has 2 aliphatic rings. The fraction of sp³-hybridized carbons (Fsp3) is 0.462. The van der Waals surface area contributed by atoms with Gasteiger partial charge in [0.15, 0.2) is 17.8 Å². The maximum atomic E-state index is 12.4. The summed E-state index contributed by atoms with van der Waals surface area (Å²) >= 11 is 0. The van der Waals surface area contributed by atoms with Crippen LogP contribution in [-0.2, 0) is 33.3 Å². The van der Waals surface area contributed by atoms with Gasteiger partial charge in [-0.15, -0.1) is 6.58 Å². The van der Waals surface area contributed by atoms with Crippen LogP contribution in [0, 0.1) is 11.8 Å². The lowest BCUT2D eigenvalue weighted by Crippen LogP contribution is -2.60. The van der Waals surface area contributed by atoms with E-state index in [9.17, 15) is 40.2 Å². The second-order valence-corrected chi connectivity index (χ2v) is 8.86. The third kappa shape index (κ3) is 7.15. The third-order valence-electron chi connectivity index (χ3n) is 6.40. The maximum absolute atomic E-state index is 12.4. The highest BCUT2D eigenvalue weighted by atomic mass is 16.8. The van der Waals surface area contributed by atoms with Gasteiger partial charge in [-0.1, -0.05) is 12.1 Å². The van der Waals surface area contributed by atoms with E-state index >= 15 is 0 Å². The van der Waals surface area contributed by atoms with Crippen molar-refractivity contribution in [2.24, 2.45) is 11.8 Å². The summed E-state index contributed by atoms with van der Waals surface area (Å²) in [6.45, 7) is 2.98. The van der Waals surface area contributed by atoms with E-state index in [1.165, 1.54) is 37.5 Å². The first-order valence-electron chi connectivity index (χ1n) is 12.0. The molecule has 0 bridgehead atoms. The highest BCUT2D eigenvalue weighted by Gasteiger charge is 2.47. The third-order valence-corrected chi connectivity index (χ3v) is 6.40. The number of phenolic OH excluding ortho intramolecular Hbond substituents is 2. The van der Waals surface area contributed by atoms with Crippen molar-refractivity contribution in [3.8, 4) is 11.5 Å². The van der Waals surface area contributed by atoms with Crippen LogP contribution < -0.4 is 0 Å². The molecule has 0 radical (unpaired) electrons. The fourth-order valence-electron chi connectivity index (χ4n) is 4.23. The highest BCUT2D eigenvalue weighted by molar-refractivity contribution is 5.89. The zero-order valence-electron chi connectivity index (χ0n) is 21.0. The minimum Gasteiger partial charge on any atom is -0.504 e. The van der Waals surface area contributed by atoms with Gasteiger partial charge in [-0.3, -0.25) is 0 Å². The smallest absolute Gasteiger partial charge is 0.337 e. The first-order chi connectivity index (χ1) is 18.6. The van der Waals surface area contributed by atoms with E-state index < -0.39 is 67.4 Å². The van der Waals surface area contributed by atoms with Gasteiger partial charge in [-0.05, 0) is 30.2 Å². The van der Waals surface area contributed by atoms with Gasteiger partial charge in [0.25, 0.3) is 0 Å². The van der Waals surface area contributed by atoms with Crippen molar-refractivity contribution in [3.05, 3.63) is 54.3 Å². The molecule has 8 atom stereocenters. The lowest BCUT2D eigenvalue weighted by atomic mass is 9.82. The minimum atomic E-state index is -1.68. The first-order valence-corrected chi connectivity index (χ1v) is 12.0. The average molecular weight is 553 g/mol. The van der Waals surface area contributed by atoms with E-state index in [1.54, 1.807) is 0 Å². The summed E-state index contributed by atoms with van der Waals surface area (Å²) in [5.41, 5.74) is 0.560. The summed E-state index contributed by atoms with van der Waals surface area (Å²) in [6.07, 6.45) is -3.62. The lowest BCUT2D eigenvalue weighted by Gasteiger charge is -2.43. The van der Waals surface area contributed by atoms with Crippen LogP contribution in [0.4, 0.5) is 0 Å². The molecular formula is C26H32O13. The van der Waals surface area contributed by atoms with Crippen molar-refractivity contribution in [2.45, 2.75) is 43.4 Å². The summed E-state index contributed by atoms with van der Waals surface area (Å²) in [4.78, 5) is 24.6. The predicted molar refractivity (Wildman–Crippen MR) is 131 cm³/mol. The van der Waals surface area contributed by atoms with Gasteiger partial charge < -0.3 is 54.3 Å². The molecule has 39 heavy (non-hydrogen) atoms. The van der Waals surface area contributed by atoms with Crippen LogP contribution in [0.3, 0.4) is 0 Å². The summed E-state index contributed by atoms with van der Waals surface area (Å²) in [5, 5.41) is 58.7. The Labute approximate surface area is 223 Å². The van der Waals surface area contributed by atoms with E-state index in [0.29, 0.717) is 5.56 Å². The molecule has 2 aliphatic heterocycles. The molecule has 2 heterocycles. The molecule has 1 saturated heterocycles. The normalized spacial score (nSPS) is 30.7. The monoisotopic (exact) mass is 552 g/mol. The second-order valence-electron chi connectivity index (χ2n) is 8.86. The number of phenols is 2. The Kier molecular flexibility index (Phi) is 10.5. The van der Waals surface area contributed by atoms with Crippen molar-refractivity contribution in [1.82, 2.24) is 0 Å². The molecule has 3 rings (SSSR count). The highest BCUT2D eigenvalue weighted by Crippen LogP contribution is 2.37. The summed E-state index contributed by atoms with van der Waals surface area (Å²) in [7, 11) is 1.19. The number of carbonyl (C=O) groups excluding carboxylic acids is 2. The van der Waals surface area contributed by atoms with E-state index in [2.05, 4.69) is 6.58 Å². The van der Waals surface area contributed by atoms with Crippen molar-refractivity contribution in [1.29, 1.82) is 0 Å². The van der Waals surface area contributed by atoms with E-state index in [1.807, 2.05) is 0 Å². The van der Waals surface area contributed by atoms with Crippen molar-refractivity contribution in [2.75, 3.05) is 20.3 Å². The number of rotatable bonds is 10. The van der Waals surface area contributed by atoms with Crippen LogP contribution >= 0.6 is 0 Å². The number of hydrogen-bond acceptors (Lipinski definition) is 13. The maximum Gasteiger partial charge on any atom is 0.337 e. The van der Waals surface area contributed by atoms with Crippen LogP contribution in [0.2, 0.25) is 0 Å². The second kappa shape index (κ2) is 13.6. The molecule has 0 saturated carbocycles. The number of methoxy groups -OCH3 is 1. The van der Waals surface area contributed by atoms with Crippen LogP contribution in [0.15, 0.2) is 48.8 Å². The number of benzene rings is 1. The number of aliphatic hydroxyl groups excluding tert-OH is 4. The molecule has 1 fully saturated rings. The number of aliphatic hydroxyl groups is 4. The molecule has 1 aromatic rings. The number of carbonyl (C=O) groups is 2. The van der Waals surface area contributed by atoms with Gasteiger partial charge in [-0.25, -0.2) is 9.59 Å². The summed E-state index contributed by atoms with van der Waals surface area (Å²) in [6, 6.07) is 4.02. The molecule has 1 aromatic carbocycles. The number of ether oxygens (including phenoxy) is 5. The molecule has 0 aromatic heterocycles. The Bertz CT molecular complexity index is 1080. The standard InChI is InChI=1S/C26H32O13/c1-3-14-15(8-9-36-20(30)7-5-13-4-6-17(28)18(29)10-13)16(24(34)35-2)12-37-25(14)39-26-23(33)22(32)21(31)19(11-27)38-26/h3-7,10,12,14-15,19,21-23,25-29,31-33H,1,8-9,11H2,2H3. The van der Waals surface area contributed by atoms with Gasteiger partial charge in [0.05, 0.1) is 32.2 Å². The van der Waals surface area contributed by atoms with E-state index in [0.717, 1.165) is 12.3 Å². The molecule has 13 nitrogen and oxygen atoms in total. The van der Waals surface area contributed by atoms with Gasteiger partial charge in [0.1, 0.15) is 24.4 Å². The molecule has 0 amide bonds. The fourth-order valence-corrected chi connectivity index (χ4v) is 4.23. The van der Waals surface area contributed by atoms with Crippen molar-refractivity contribution >= 4 is 18.0 Å². The minimum absolute atomic E-state index is 0.106. The first kappa shape index (κ1) is 30.1. The topological polar surface area (TPSA) is 202 Å². The van der Waals surface area contributed by atoms with E-state index in [4.69, 9.17) is 23.7 Å². The molecule has 214 valence electrons. The zero-order chi connectivity index (χ0) is 28.7. The Morgan fingerprint density at radius 3 is 2.46 bits per heavy atom. The van der Waals surface area contributed by atoms with Gasteiger partial charge in [0.2, 0.25) is 6.29 Å². The van der Waals surface area contributed by atoms with Crippen LogP contribution in [0.1, 0.15) is 12.0 Å². The predicted octanol–water partition coefficient (Wildman–Crippen LogP) is -0.308. The van der Waals surface area contributed by atoms with Crippen molar-refractivity contribution < 1.29 is 63.9 Å². The molecular weight excluding hydrogens is 520 g/mol. The Hall–Kier alpha value is -3.46. The Balaban J connectivity index is 1.68. The van der Waals surface area contributed by atoms with E-state index in [-0.39, 0.29) is 30.1 Å². The van der Waals surface area contributed by atoms with Crippen LogP contribution in [0.5, 0.6) is 11.5 Å². The van der Waals surface area contributed by atoms with Crippen LogP contribution in [-0.4, -0.2) is 99.9 Å². The summed E-state index contributed by atoms with van der Waals surface area (Å²) in [5.74, 6) is -3.47. The molecule has 0 aliphatic carbocycles.